The van der Waals surface area contributed by atoms with E-state index in [1.165, 1.54) is 0 Å². The lowest BCUT2D eigenvalue weighted by atomic mass is 9.85. The van der Waals surface area contributed by atoms with Gasteiger partial charge in [-0.25, -0.2) is 0 Å². The van der Waals surface area contributed by atoms with Gasteiger partial charge in [0, 0.05) is 12.5 Å². The predicted octanol–water partition coefficient (Wildman–Crippen LogP) is 4.51. The highest BCUT2D eigenvalue weighted by molar-refractivity contribution is 5.70. The van der Waals surface area contributed by atoms with Crippen LogP contribution in [0.1, 0.15) is 25.3 Å². The average Bonchev–Trinajstić information content (AvgIpc) is 3.02. The Balaban J connectivity index is 1.95. The number of rotatable bonds is 3. The Labute approximate surface area is 135 Å². The third-order valence-electron chi connectivity index (χ3n) is 3.85. The molecule has 0 bridgehead atoms. The van der Waals surface area contributed by atoms with Gasteiger partial charge in [-0.15, -0.1) is 10.2 Å². The molecule has 2 aromatic carbocycles. The number of aryl methyl sites for hydroxylation is 1. The normalized spacial score (nSPS) is 11.2. The molecule has 0 fully saturated rings. The molecule has 0 spiro atoms. The number of nitrogens with zero attached hydrogens (tertiary/aromatic N) is 3. The van der Waals surface area contributed by atoms with Crippen LogP contribution in [0.25, 0.3) is 22.6 Å². The van der Waals surface area contributed by atoms with E-state index in [0.29, 0.717) is 11.8 Å². The van der Waals surface area contributed by atoms with Gasteiger partial charge < -0.3 is 4.42 Å². The summed E-state index contributed by atoms with van der Waals surface area (Å²) in [6.45, 7) is 5.61. The molecular formula is C19H17N3O. The van der Waals surface area contributed by atoms with Crippen molar-refractivity contribution in [1.82, 2.24) is 10.2 Å². The molecule has 4 nitrogen and oxygen atoms in total. The molecule has 23 heavy (non-hydrogen) atoms. The number of nitriles is 1. The minimum absolute atomic E-state index is 0.484. The Hall–Kier alpha value is -2.93. The molecule has 1 heterocycles. The van der Waals surface area contributed by atoms with Crippen molar-refractivity contribution in [2.75, 3.05) is 0 Å². The second kappa shape index (κ2) is 5.69. The third-order valence-corrected chi connectivity index (χ3v) is 3.85. The van der Waals surface area contributed by atoms with Crippen molar-refractivity contribution in [2.45, 2.75) is 26.2 Å². The van der Waals surface area contributed by atoms with Crippen molar-refractivity contribution in [3.8, 4) is 28.7 Å². The van der Waals surface area contributed by atoms with Crippen molar-refractivity contribution < 1.29 is 4.42 Å². The van der Waals surface area contributed by atoms with Crippen molar-refractivity contribution in [3.63, 3.8) is 0 Å². The summed E-state index contributed by atoms with van der Waals surface area (Å²) in [7, 11) is 0. The molecule has 3 rings (SSSR count). The molecule has 0 N–H and O–H groups in total. The number of benzene rings is 2. The maximum absolute atomic E-state index is 9.22. The van der Waals surface area contributed by atoms with E-state index >= 15 is 0 Å². The van der Waals surface area contributed by atoms with Crippen molar-refractivity contribution in [3.05, 3.63) is 60.0 Å². The lowest BCUT2D eigenvalue weighted by Gasteiger charge is -2.16. The van der Waals surface area contributed by atoms with Crippen LogP contribution in [0.5, 0.6) is 0 Å². The summed E-state index contributed by atoms with van der Waals surface area (Å²) in [5.41, 5.74) is 3.57. The first kappa shape index (κ1) is 15.0. The summed E-state index contributed by atoms with van der Waals surface area (Å²) in [4.78, 5) is 0. The standard InChI is InChI=1S/C19H17N3O/c1-13-21-22-18(23-13)16-6-4-5-15(11-16)14-7-9-17(10-8-14)19(2,3)12-20/h4-11H,1-3H3. The van der Waals surface area contributed by atoms with E-state index in [1.807, 2.05) is 62.4 Å². The summed E-state index contributed by atoms with van der Waals surface area (Å²) in [5.74, 6) is 1.07. The largest absolute Gasteiger partial charge is 0.421 e. The van der Waals surface area contributed by atoms with Crippen LogP contribution in [0.4, 0.5) is 0 Å². The van der Waals surface area contributed by atoms with Crippen LogP contribution in [0, 0.1) is 18.3 Å². The van der Waals surface area contributed by atoms with Gasteiger partial charge in [0.05, 0.1) is 11.5 Å². The first-order chi connectivity index (χ1) is 11.0. The van der Waals surface area contributed by atoms with E-state index in [4.69, 9.17) is 4.42 Å². The molecule has 4 heteroatoms. The Morgan fingerprint density at radius 2 is 1.65 bits per heavy atom. The maximum Gasteiger partial charge on any atom is 0.247 e. The summed E-state index contributed by atoms with van der Waals surface area (Å²) < 4.78 is 5.48. The molecule has 0 radical (unpaired) electrons. The van der Waals surface area contributed by atoms with Crippen molar-refractivity contribution in [1.29, 1.82) is 5.26 Å². The zero-order valence-electron chi connectivity index (χ0n) is 13.4. The summed E-state index contributed by atoms with van der Waals surface area (Å²) in [6.07, 6.45) is 0. The fourth-order valence-electron chi connectivity index (χ4n) is 2.39. The van der Waals surface area contributed by atoms with Crippen LogP contribution < -0.4 is 0 Å². The van der Waals surface area contributed by atoms with Gasteiger partial charge in [-0.1, -0.05) is 36.4 Å². The average molecular weight is 303 g/mol. The van der Waals surface area contributed by atoms with Gasteiger partial charge in [-0.2, -0.15) is 5.26 Å². The molecule has 0 amide bonds. The van der Waals surface area contributed by atoms with Gasteiger partial charge in [0.1, 0.15) is 0 Å². The Morgan fingerprint density at radius 3 is 2.26 bits per heavy atom. The monoisotopic (exact) mass is 303 g/mol. The van der Waals surface area contributed by atoms with Crippen LogP contribution >= 0.6 is 0 Å². The van der Waals surface area contributed by atoms with Crippen LogP contribution in [-0.2, 0) is 5.41 Å². The van der Waals surface area contributed by atoms with Crippen molar-refractivity contribution >= 4 is 0 Å². The predicted molar refractivity (Wildman–Crippen MR) is 88.5 cm³/mol. The molecule has 1 aromatic heterocycles. The third kappa shape index (κ3) is 3.00. The van der Waals surface area contributed by atoms with Crippen LogP contribution in [0.2, 0.25) is 0 Å². The highest BCUT2D eigenvalue weighted by Gasteiger charge is 2.19. The Morgan fingerprint density at radius 1 is 0.957 bits per heavy atom. The van der Waals surface area contributed by atoms with Gasteiger partial charge in [-0.3, -0.25) is 0 Å². The molecule has 0 saturated heterocycles. The molecule has 0 atom stereocenters. The molecule has 3 aromatic rings. The number of hydrogen-bond donors (Lipinski definition) is 0. The highest BCUT2D eigenvalue weighted by atomic mass is 16.4. The van der Waals surface area contributed by atoms with Gasteiger partial charge in [0.15, 0.2) is 0 Å². The van der Waals surface area contributed by atoms with Gasteiger partial charge >= 0.3 is 0 Å². The second-order valence-electron chi connectivity index (χ2n) is 6.02. The summed E-state index contributed by atoms with van der Waals surface area (Å²) in [5, 5.41) is 17.1. The van der Waals surface area contributed by atoms with Crippen LogP contribution in [-0.4, -0.2) is 10.2 Å². The van der Waals surface area contributed by atoms with Crippen LogP contribution in [0.3, 0.4) is 0 Å². The van der Waals surface area contributed by atoms with Crippen molar-refractivity contribution in [2.24, 2.45) is 0 Å². The number of hydrogen-bond acceptors (Lipinski definition) is 4. The SMILES string of the molecule is Cc1nnc(-c2cccc(-c3ccc(C(C)(C)C#N)cc3)c2)o1. The van der Waals surface area contributed by atoms with Crippen LogP contribution in [0.15, 0.2) is 52.9 Å². The van der Waals surface area contributed by atoms with E-state index < -0.39 is 5.41 Å². The minimum atomic E-state index is -0.484. The molecule has 0 aliphatic rings. The Kier molecular flexibility index (Phi) is 3.71. The lowest BCUT2D eigenvalue weighted by Crippen LogP contribution is -2.13. The Bertz CT molecular complexity index is 870. The smallest absolute Gasteiger partial charge is 0.247 e. The van der Waals surface area contributed by atoms with E-state index in [-0.39, 0.29) is 0 Å². The second-order valence-corrected chi connectivity index (χ2v) is 6.02. The quantitative estimate of drug-likeness (QED) is 0.714. The fourth-order valence-corrected chi connectivity index (χ4v) is 2.39. The van der Waals surface area contributed by atoms with E-state index in [9.17, 15) is 5.26 Å². The maximum atomic E-state index is 9.22. The summed E-state index contributed by atoms with van der Waals surface area (Å²) in [6, 6.07) is 18.4. The molecule has 0 aliphatic carbocycles. The van der Waals surface area contributed by atoms with Gasteiger partial charge in [0.2, 0.25) is 11.8 Å². The van der Waals surface area contributed by atoms with Gasteiger partial charge in [-0.05, 0) is 42.7 Å². The molecule has 0 saturated carbocycles. The zero-order chi connectivity index (χ0) is 16.4. The van der Waals surface area contributed by atoms with E-state index in [0.717, 1.165) is 22.3 Å². The topological polar surface area (TPSA) is 62.7 Å². The molecular weight excluding hydrogens is 286 g/mol. The highest BCUT2D eigenvalue weighted by Crippen LogP contribution is 2.28. The van der Waals surface area contributed by atoms with Gasteiger partial charge in [0.25, 0.3) is 0 Å². The first-order valence-electron chi connectivity index (χ1n) is 7.42. The molecule has 0 unspecified atom stereocenters. The lowest BCUT2D eigenvalue weighted by molar-refractivity contribution is 0.533. The molecule has 114 valence electrons. The summed E-state index contributed by atoms with van der Waals surface area (Å²) >= 11 is 0. The fraction of sp³-hybridized carbons (Fsp3) is 0.211. The molecule has 0 aliphatic heterocycles. The minimum Gasteiger partial charge on any atom is -0.421 e. The van der Waals surface area contributed by atoms with E-state index in [1.54, 1.807) is 6.92 Å². The number of aromatic nitrogens is 2. The first-order valence-corrected chi connectivity index (χ1v) is 7.42. The van der Waals surface area contributed by atoms with E-state index in [2.05, 4.69) is 16.3 Å². The zero-order valence-corrected chi connectivity index (χ0v) is 13.4.